The summed E-state index contributed by atoms with van der Waals surface area (Å²) in [5.74, 6) is 0.651. The average Bonchev–Trinajstić information content (AvgIpc) is 4.09. The van der Waals surface area contributed by atoms with Crippen molar-refractivity contribution in [1.29, 1.82) is 0 Å². The Morgan fingerprint density at radius 2 is 1.60 bits per heavy atom. The molecule has 0 spiro atoms. The highest BCUT2D eigenvalue weighted by Gasteiger charge is 2.36. The zero-order valence-electron chi connectivity index (χ0n) is 35.4. The third-order valence-electron chi connectivity index (χ3n) is 10.3. The topological polar surface area (TPSA) is 127 Å². The predicted octanol–water partition coefficient (Wildman–Crippen LogP) is 9.02. The van der Waals surface area contributed by atoms with Crippen molar-refractivity contribution in [2.24, 2.45) is 0 Å². The van der Waals surface area contributed by atoms with Crippen LogP contribution in [0.25, 0.3) is 22.5 Å². The number of likely N-dealkylation sites (tertiary alicyclic amines) is 1. The van der Waals surface area contributed by atoms with E-state index in [2.05, 4.69) is 28.1 Å². The number of methoxy groups -OCH3 is 1. The maximum absolute atomic E-state index is 13.8. The lowest BCUT2D eigenvalue weighted by molar-refractivity contribution is -0.0439. The summed E-state index contributed by atoms with van der Waals surface area (Å²) in [6.07, 6.45) is 4.01. The van der Waals surface area contributed by atoms with Crippen LogP contribution in [0.2, 0.25) is 0 Å². The average molecular weight is 853 g/mol. The van der Waals surface area contributed by atoms with Gasteiger partial charge < -0.3 is 39.4 Å². The van der Waals surface area contributed by atoms with Crippen LogP contribution in [0.4, 0.5) is 4.79 Å². The second-order valence-electron chi connectivity index (χ2n) is 16.7. The van der Waals surface area contributed by atoms with Crippen LogP contribution in [0.15, 0.2) is 83.6 Å². The number of carbonyl (C=O) groups is 2. The lowest BCUT2D eigenvalue weighted by Crippen LogP contribution is -2.44. The van der Waals surface area contributed by atoms with Gasteiger partial charge in [-0.25, -0.2) is 14.8 Å². The summed E-state index contributed by atoms with van der Waals surface area (Å²) in [5.41, 5.74) is 4.22. The number of hydrogen-bond acceptors (Lipinski definition) is 12. The lowest BCUT2D eigenvalue weighted by Gasteiger charge is -2.28. The van der Waals surface area contributed by atoms with E-state index in [0.29, 0.717) is 35.9 Å². The van der Waals surface area contributed by atoms with Crippen LogP contribution >= 0.6 is 22.7 Å². The van der Waals surface area contributed by atoms with Gasteiger partial charge in [0.05, 0.1) is 25.0 Å². The Morgan fingerprint density at radius 3 is 2.23 bits per heavy atom. The van der Waals surface area contributed by atoms with Crippen molar-refractivity contribution >= 4 is 34.7 Å². The van der Waals surface area contributed by atoms with Gasteiger partial charge in [-0.1, -0.05) is 60.7 Å². The molecular formula is C46H56N6O6S2. The molecule has 8 rings (SSSR count). The van der Waals surface area contributed by atoms with Crippen LogP contribution in [-0.4, -0.2) is 88.5 Å². The first-order valence-electron chi connectivity index (χ1n) is 20.7. The monoisotopic (exact) mass is 852 g/mol. The molecule has 60 heavy (non-hydrogen) atoms. The summed E-state index contributed by atoms with van der Waals surface area (Å²) >= 11 is 3.24. The molecule has 5 heterocycles. The molecule has 2 N–H and O–H groups in total. The van der Waals surface area contributed by atoms with Gasteiger partial charge in [0, 0.05) is 79.6 Å². The Balaban J connectivity index is 0.000000189. The van der Waals surface area contributed by atoms with E-state index in [9.17, 15) is 9.59 Å². The number of thiazole rings is 2. The largest absolute Gasteiger partial charge is 0.493 e. The fourth-order valence-corrected chi connectivity index (χ4v) is 9.11. The highest BCUT2D eigenvalue weighted by atomic mass is 32.1. The molecule has 318 valence electrons. The third-order valence-corrected chi connectivity index (χ3v) is 12.0. The number of carbonyl (C=O) groups excluding carboxylic acids is 2. The highest BCUT2D eigenvalue weighted by Crippen LogP contribution is 2.47. The molecule has 0 saturated carbocycles. The Morgan fingerprint density at radius 1 is 0.933 bits per heavy atom. The van der Waals surface area contributed by atoms with E-state index < -0.39 is 11.4 Å². The SMILES string of the molecule is CC(C)(C)OC(=O)N1CCCC1CNCc1nc(-c2ccccc2)cs1.COc1cc(C(=O)N(Cc2nc(-c3ccccc3)cs2)CC2CCCN2)cc2c1OC(C)(C)O2. The molecule has 2 unspecified atom stereocenters. The van der Waals surface area contributed by atoms with Crippen LogP contribution in [0.5, 0.6) is 17.2 Å². The van der Waals surface area contributed by atoms with Crippen LogP contribution in [-0.2, 0) is 17.8 Å². The van der Waals surface area contributed by atoms with Gasteiger partial charge in [0.2, 0.25) is 11.5 Å². The number of fused-ring (bicyclic) bond motifs is 1. The Hall–Kier alpha value is -5.02. The van der Waals surface area contributed by atoms with Crippen molar-refractivity contribution in [1.82, 2.24) is 30.4 Å². The number of benzene rings is 3. The first-order valence-corrected chi connectivity index (χ1v) is 22.4. The van der Waals surface area contributed by atoms with Gasteiger partial charge in [-0.05, 0) is 65.1 Å². The normalized spacial score (nSPS) is 17.9. The van der Waals surface area contributed by atoms with Crippen molar-refractivity contribution in [2.45, 2.75) is 96.9 Å². The second-order valence-corrected chi connectivity index (χ2v) is 18.6. The molecule has 12 nitrogen and oxygen atoms in total. The van der Waals surface area contributed by atoms with Crippen LogP contribution in [0, 0.1) is 0 Å². The summed E-state index contributed by atoms with van der Waals surface area (Å²) in [7, 11) is 1.57. The summed E-state index contributed by atoms with van der Waals surface area (Å²) < 4.78 is 22.8. The number of aromatic nitrogens is 2. The zero-order valence-corrected chi connectivity index (χ0v) is 37.0. The smallest absolute Gasteiger partial charge is 0.410 e. The van der Waals surface area contributed by atoms with Crippen molar-refractivity contribution in [2.75, 3.05) is 33.3 Å². The second kappa shape index (κ2) is 19.1. The van der Waals surface area contributed by atoms with Gasteiger partial charge in [-0.15, -0.1) is 22.7 Å². The molecule has 2 saturated heterocycles. The molecule has 2 aromatic heterocycles. The van der Waals surface area contributed by atoms with Gasteiger partial charge in [0.15, 0.2) is 11.5 Å². The maximum atomic E-state index is 13.8. The minimum Gasteiger partial charge on any atom is -0.493 e. The third kappa shape index (κ3) is 11.2. The van der Waals surface area contributed by atoms with Gasteiger partial charge >= 0.3 is 6.09 Å². The molecule has 2 fully saturated rings. The van der Waals surface area contributed by atoms with Crippen LogP contribution in [0.1, 0.15) is 80.7 Å². The van der Waals surface area contributed by atoms with Crippen molar-refractivity contribution in [3.8, 4) is 39.8 Å². The number of rotatable bonds is 12. The van der Waals surface area contributed by atoms with E-state index in [0.717, 1.165) is 84.4 Å². The fraction of sp³-hybridized carbons (Fsp3) is 0.435. The Bertz CT molecular complexity index is 2200. The zero-order chi connectivity index (χ0) is 42.3. The van der Waals surface area contributed by atoms with Gasteiger partial charge in [-0.3, -0.25) is 4.79 Å². The number of hydrogen-bond donors (Lipinski definition) is 2. The van der Waals surface area contributed by atoms with E-state index in [1.54, 1.807) is 41.9 Å². The van der Waals surface area contributed by atoms with Crippen molar-refractivity contribution in [3.63, 3.8) is 0 Å². The maximum Gasteiger partial charge on any atom is 0.410 e. The molecule has 5 aromatic rings. The minimum atomic E-state index is -0.806. The van der Waals surface area contributed by atoms with E-state index >= 15 is 0 Å². The van der Waals surface area contributed by atoms with E-state index in [1.807, 2.05) is 98.3 Å². The number of ether oxygens (including phenoxy) is 4. The van der Waals surface area contributed by atoms with Gasteiger partial charge in [0.1, 0.15) is 15.6 Å². The molecule has 2 amide bonds. The van der Waals surface area contributed by atoms with Crippen LogP contribution < -0.4 is 24.8 Å². The summed E-state index contributed by atoms with van der Waals surface area (Å²) in [4.78, 5) is 39.3. The predicted molar refractivity (Wildman–Crippen MR) is 237 cm³/mol. The molecular weight excluding hydrogens is 797 g/mol. The van der Waals surface area contributed by atoms with Crippen LogP contribution in [0.3, 0.4) is 0 Å². The van der Waals surface area contributed by atoms with Gasteiger partial charge in [-0.2, -0.15) is 0 Å². The number of nitrogens with zero attached hydrogens (tertiary/aromatic N) is 4. The molecule has 0 aliphatic carbocycles. The molecule has 0 bridgehead atoms. The first-order chi connectivity index (χ1) is 28.8. The number of nitrogens with one attached hydrogen (secondary N) is 2. The Labute approximate surface area is 361 Å². The summed E-state index contributed by atoms with van der Waals surface area (Å²) in [6, 6.07) is 24.3. The molecule has 14 heteroatoms. The molecule has 0 radical (unpaired) electrons. The van der Waals surface area contributed by atoms with Crippen molar-refractivity contribution < 1.29 is 28.5 Å². The lowest BCUT2D eigenvalue weighted by atomic mass is 10.1. The quantitative estimate of drug-likeness (QED) is 0.126. The number of amides is 2. The van der Waals surface area contributed by atoms with E-state index in [-0.39, 0.29) is 24.1 Å². The molecule has 3 aliphatic rings. The Kier molecular flexibility index (Phi) is 13.7. The molecule has 3 aromatic carbocycles. The standard InChI is InChI=1S/C26H29N3O4S.C20H27N3O2S/c1-26(2)32-22-13-18(12-21(31-3)24(22)33-26)25(30)29(14-19-10-7-11-27-19)15-23-28-20(16-34-23)17-8-5-4-6-9-17;1-20(2,3)25-19(24)23-11-7-10-16(23)12-21-13-18-22-17(14-26-18)15-8-5-4-6-9-15/h4-6,8-9,12-13,16,19,27H,7,10-11,14-15H2,1-3H3;4-6,8-9,14,16,21H,7,10-13H2,1-3H3. The minimum absolute atomic E-state index is 0.0837. The van der Waals surface area contributed by atoms with Gasteiger partial charge in [0.25, 0.3) is 5.91 Å². The molecule has 3 aliphatic heterocycles. The first kappa shape index (κ1) is 43.1. The summed E-state index contributed by atoms with van der Waals surface area (Å²) in [5, 5.41) is 13.1. The van der Waals surface area contributed by atoms with E-state index in [4.69, 9.17) is 28.9 Å². The molecule has 2 atom stereocenters. The van der Waals surface area contributed by atoms with E-state index in [1.165, 1.54) is 0 Å². The fourth-order valence-electron chi connectivity index (χ4n) is 7.52. The highest BCUT2D eigenvalue weighted by molar-refractivity contribution is 7.10. The van der Waals surface area contributed by atoms with Crippen molar-refractivity contribution in [3.05, 3.63) is 99.1 Å². The summed E-state index contributed by atoms with van der Waals surface area (Å²) in [6.45, 7) is 13.7.